The van der Waals surface area contributed by atoms with E-state index in [0.717, 1.165) is 13.2 Å². The molecule has 0 fully saturated rings. The lowest BCUT2D eigenvalue weighted by molar-refractivity contribution is -0.0328. The summed E-state index contributed by atoms with van der Waals surface area (Å²) >= 11 is -0.326. The number of halogens is 3. The van der Waals surface area contributed by atoms with Crippen LogP contribution in [-0.2, 0) is 11.2 Å². The first kappa shape index (κ1) is 15.4. The van der Waals surface area contributed by atoms with Crippen molar-refractivity contribution < 1.29 is 22.7 Å². The highest BCUT2D eigenvalue weighted by Gasteiger charge is 2.30. The Hall–Kier alpha value is -1.68. The number of esters is 1. The second kappa shape index (κ2) is 5.97. The molecule has 0 N–H and O–H groups in total. The molecule has 0 aliphatic carbocycles. The number of nitriles is 1. The summed E-state index contributed by atoms with van der Waals surface area (Å²) < 4.78 is 41.6. The maximum Gasteiger partial charge on any atom is 0.446 e. The van der Waals surface area contributed by atoms with Crippen molar-refractivity contribution in [3.05, 3.63) is 28.8 Å². The molecular formula is C12H10F3NO2S. The monoisotopic (exact) mass is 289 g/mol. The smallest absolute Gasteiger partial charge is 0.446 e. The number of alkyl halides is 3. The first-order valence-electron chi connectivity index (χ1n) is 5.23. The molecule has 0 radical (unpaired) electrons. The first-order valence-corrected chi connectivity index (χ1v) is 6.05. The van der Waals surface area contributed by atoms with Crippen molar-refractivity contribution in [1.29, 1.82) is 5.26 Å². The van der Waals surface area contributed by atoms with Gasteiger partial charge in [-0.05, 0) is 35.9 Å². The van der Waals surface area contributed by atoms with Gasteiger partial charge in [-0.1, -0.05) is 6.92 Å². The van der Waals surface area contributed by atoms with Gasteiger partial charge in [0.25, 0.3) is 0 Å². The molecule has 0 unspecified atom stereocenters. The van der Waals surface area contributed by atoms with Gasteiger partial charge in [0, 0.05) is 4.90 Å². The third-order valence-electron chi connectivity index (χ3n) is 2.33. The van der Waals surface area contributed by atoms with Crippen LogP contribution in [-0.4, -0.2) is 18.6 Å². The molecule has 0 atom stereocenters. The van der Waals surface area contributed by atoms with E-state index in [0.29, 0.717) is 12.0 Å². The van der Waals surface area contributed by atoms with Crippen LogP contribution in [0.5, 0.6) is 0 Å². The Morgan fingerprint density at radius 2 is 2.11 bits per heavy atom. The van der Waals surface area contributed by atoms with Crippen molar-refractivity contribution in [1.82, 2.24) is 0 Å². The highest BCUT2D eigenvalue weighted by molar-refractivity contribution is 8.00. The standard InChI is InChI=1S/C12H10F3NO2S/c1-3-7-4-8(19-12(13,14)15)5-9(10(7)6-16)11(17)18-2/h4-5H,3H2,1-2H3. The zero-order chi connectivity index (χ0) is 14.6. The van der Waals surface area contributed by atoms with Crippen molar-refractivity contribution in [3.63, 3.8) is 0 Å². The molecule has 0 aliphatic rings. The molecule has 3 nitrogen and oxygen atoms in total. The van der Waals surface area contributed by atoms with Gasteiger partial charge >= 0.3 is 11.5 Å². The SMILES string of the molecule is CCc1cc(SC(F)(F)F)cc(C(=O)OC)c1C#N. The number of benzene rings is 1. The van der Waals surface area contributed by atoms with Gasteiger partial charge in [0.1, 0.15) is 6.07 Å². The lowest BCUT2D eigenvalue weighted by Gasteiger charge is -2.11. The molecule has 1 rings (SSSR count). The van der Waals surface area contributed by atoms with E-state index in [9.17, 15) is 18.0 Å². The maximum absolute atomic E-state index is 12.4. The van der Waals surface area contributed by atoms with E-state index in [4.69, 9.17) is 5.26 Å². The average Bonchev–Trinajstić information content (AvgIpc) is 2.34. The Balaban J connectivity index is 3.39. The van der Waals surface area contributed by atoms with Crippen LogP contribution < -0.4 is 0 Å². The minimum atomic E-state index is -4.45. The van der Waals surface area contributed by atoms with E-state index in [1.165, 1.54) is 6.07 Å². The molecule has 1 aromatic rings. The summed E-state index contributed by atoms with van der Waals surface area (Å²) in [6.45, 7) is 1.69. The number of hydrogen-bond donors (Lipinski definition) is 0. The summed E-state index contributed by atoms with van der Waals surface area (Å²) in [6, 6.07) is 4.13. The van der Waals surface area contributed by atoms with Crippen LogP contribution in [0.3, 0.4) is 0 Å². The fraction of sp³-hybridized carbons (Fsp3) is 0.333. The van der Waals surface area contributed by atoms with E-state index >= 15 is 0 Å². The summed E-state index contributed by atoms with van der Waals surface area (Å²) in [5.41, 5.74) is -4.15. The van der Waals surface area contributed by atoms with E-state index in [1.807, 2.05) is 6.07 Å². The average molecular weight is 289 g/mol. The van der Waals surface area contributed by atoms with E-state index in [1.54, 1.807) is 6.92 Å². The Morgan fingerprint density at radius 3 is 2.53 bits per heavy atom. The number of ether oxygens (including phenoxy) is 1. The van der Waals surface area contributed by atoms with Gasteiger partial charge in [-0.25, -0.2) is 4.79 Å². The number of rotatable bonds is 3. The van der Waals surface area contributed by atoms with Crippen LogP contribution in [0.25, 0.3) is 0 Å². The number of nitrogens with zero attached hydrogens (tertiary/aromatic N) is 1. The quantitative estimate of drug-likeness (QED) is 0.631. The molecule has 102 valence electrons. The molecule has 0 amide bonds. The van der Waals surface area contributed by atoms with E-state index in [-0.39, 0.29) is 27.8 Å². The Labute approximate surface area is 112 Å². The lowest BCUT2D eigenvalue weighted by atomic mass is 10.0. The molecule has 0 saturated carbocycles. The normalized spacial score (nSPS) is 10.9. The van der Waals surface area contributed by atoms with Gasteiger partial charge < -0.3 is 4.74 Å². The fourth-order valence-corrected chi connectivity index (χ4v) is 2.19. The number of methoxy groups -OCH3 is 1. The Kier molecular flexibility index (Phi) is 4.84. The minimum absolute atomic E-state index is 0.0564. The maximum atomic E-state index is 12.4. The lowest BCUT2D eigenvalue weighted by Crippen LogP contribution is -2.08. The fourth-order valence-electron chi connectivity index (χ4n) is 1.55. The first-order chi connectivity index (χ1) is 8.82. The van der Waals surface area contributed by atoms with Gasteiger partial charge in [0.15, 0.2) is 0 Å². The predicted molar refractivity (Wildman–Crippen MR) is 63.8 cm³/mol. The van der Waals surface area contributed by atoms with E-state index in [2.05, 4.69) is 4.74 Å². The van der Waals surface area contributed by atoms with Crippen molar-refractivity contribution in [3.8, 4) is 6.07 Å². The minimum Gasteiger partial charge on any atom is -0.465 e. The summed E-state index contributed by atoms with van der Waals surface area (Å²) in [4.78, 5) is 11.4. The molecule has 0 aliphatic heterocycles. The van der Waals surface area contributed by atoms with Crippen LogP contribution in [0.1, 0.15) is 28.4 Å². The second-order valence-corrected chi connectivity index (χ2v) is 4.65. The second-order valence-electron chi connectivity index (χ2n) is 3.51. The summed E-state index contributed by atoms with van der Waals surface area (Å²) in [6.07, 6.45) is 0.346. The number of carbonyl (C=O) groups is 1. The van der Waals surface area contributed by atoms with Crippen LogP contribution in [0, 0.1) is 11.3 Å². The zero-order valence-electron chi connectivity index (χ0n) is 10.2. The third kappa shape index (κ3) is 3.89. The van der Waals surface area contributed by atoms with Crippen molar-refractivity contribution >= 4 is 17.7 Å². The van der Waals surface area contributed by atoms with Gasteiger partial charge in [-0.3, -0.25) is 0 Å². The molecule has 7 heteroatoms. The number of hydrogen-bond acceptors (Lipinski definition) is 4. The molecule has 19 heavy (non-hydrogen) atoms. The van der Waals surface area contributed by atoms with Gasteiger partial charge in [-0.15, -0.1) is 0 Å². The topological polar surface area (TPSA) is 50.1 Å². The van der Waals surface area contributed by atoms with Gasteiger partial charge in [-0.2, -0.15) is 18.4 Å². The van der Waals surface area contributed by atoms with Crippen LogP contribution >= 0.6 is 11.8 Å². The van der Waals surface area contributed by atoms with E-state index < -0.39 is 11.5 Å². The highest BCUT2D eigenvalue weighted by Crippen LogP contribution is 2.38. The molecule has 0 heterocycles. The summed E-state index contributed by atoms with van der Waals surface area (Å²) in [5, 5.41) is 9.01. The predicted octanol–water partition coefficient (Wildman–Crippen LogP) is 3.52. The van der Waals surface area contributed by atoms with Gasteiger partial charge in [0.2, 0.25) is 0 Å². The number of thioether (sulfide) groups is 1. The molecular weight excluding hydrogens is 279 g/mol. The Bertz CT molecular complexity index is 535. The largest absolute Gasteiger partial charge is 0.465 e. The summed E-state index contributed by atoms with van der Waals surface area (Å²) in [7, 11) is 1.11. The molecule has 0 bridgehead atoms. The Morgan fingerprint density at radius 1 is 1.47 bits per heavy atom. The van der Waals surface area contributed by atoms with Crippen molar-refractivity contribution in [2.24, 2.45) is 0 Å². The van der Waals surface area contributed by atoms with Gasteiger partial charge in [0.05, 0.1) is 18.2 Å². The zero-order valence-corrected chi connectivity index (χ0v) is 11.0. The van der Waals surface area contributed by atoms with Crippen LogP contribution in [0.2, 0.25) is 0 Å². The van der Waals surface area contributed by atoms with Crippen LogP contribution in [0.15, 0.2) is 17.0 Å². The molecule has 0 spiro atoms. The molecule has 0 saturated heterocycles. The highest BCUT2D eigenvalue weighted by atomic mass is 32.2. The van der Waals surface area contributed by atoms with Crippen LogP contribution in [0.4, 0.5) is 13.2 Å². The number of carbonyl (C=O) groups excluding carboxylic acids is 1. The van der Waals surface area contributed by atoms with Crippen molar-refractivity contribution in [2.75, 3.05) is 7.11 Å². The molecule has 1 aromatic carbocycles. The van der Waals surface area contributed by atoms with Crippen molar-refractivity contribution in [2.45, 2.75) is 23.7 Å². The molecule has 0 aromatic heterocycles. The third-order valence-corrected chi connectivity index (χ3v) is 3.03. The summed E-state index contributed by atoms with van der Waals surface area (Å²) in [5.74, 6) is -0.823. The number of aryl methyl sites for hydroxylation is 1.